The number of anilines is 3. The van der Waals surface area contributed by atoms with Crippen molar-refractivity contribution in [2.75, 3.05) is 4.90 Å². The largest absolute Gasteiger partial charge is 0.310 e. The minimum Gasteiger partial charge on any atom is -0.310 e. The number of hydrogen-bond acceptors (Lipinski definition) is 2. The van der Waals surface area contributed by atoms with Gasteiger partial charge in [0, 0.05) is 38.2 Å². The fraction of sp³-hybridized carbons (Fsp3) is 0. The first-order valence-corrected chi connectivity index (χ1v) is 16.8. The first-order chi connectivity index (χ1) is 23.3. The molecule has 0 amide bonds. The maximum absolute atomic E-state index is 2.43. The fourth-order valence-corrected chi connectivity index (χ4v) is 7.99. The van der Waals surface area contributed by atoms with Crippen LogP contribution >= 0.6 is 11.3 Å². The quantitative estimate of drug-likeness (QED) is 0.180. The lowest BCUT2D eigenvalue weighted by molar-refractivity contribution is 1.19. The molecule has 2 nitrogen and oxygen atoms in total. The Morgan fingerprint density at radius 1 is 0.404 bits per heavy atom. The molecule has 0 N–H and O–H groups in total. The Kier molecular flexibility index (Phi) is 6.69. The van der Waals surface area contributed by atoms with Crippen molar-refractivity contribution in [3.63, 3.8) is 0 Å². The van der Waals surface area contributed by atoms with E-state index >= 15 is 0 Å². The SMILES string of the molecule is c1ccc(-c2ccc(N(c3ccccc3)c3cccc(-c4ccc(-n5c6ccccc6c6sc7ccccc7c65)cc4)c3)cc2)cc1. The van der Waals surface area contributed by atoms with Crippen LogP contribution in [0.4, 0.5) is 17.1 Å². The number of hydrogen-bond donors (Lipinski definition) is 0. The van der Waals surface area contributed by atoms with Gasteiger partial charge in [0.15, 0.2) is 0 Å². The van der Waals surface area contributed by atoms with Gasteiger partial charge in [0.05, 0.1) is 15.7 Å². The van der Waals surface area contributed by atoms with E-state index in [4.69, 9.17) is 0 Å². The number of benzene rings is 7. The van der Waals surface area contributed by atoms with E-state index in [2.05, 4.69) is 191 Å². The molecule has 0 aliphatic carbocycles. The van der Waals surface area contributed by atoms with E-state index < -0.39 is 0 Å². The molecule has 0 bridgehead atoms. The summed E-state index contributed by atoms with van der Waals surface area (Å²) in [5, 5.41) is 2.61. The molecule has 0 aliphatic heterocycles. The van der Waals surface area contributed by atoms with E-state index in [0.29, 0.717) is 0 Å². The number of fused-ring (bicyclic) bond motifs is 5. The Hall–Kier alpha value is -5.90. The van der Waals surface area contributed by atoms with Crippen LogP contribution in [0, 0.1) is 0 Å². The number of thiophene rings is 1. The molecule has 222 valence electrons. The molecular formula is C44H30N2S. The molecule has 0 saturated carbocycles. The Labute approximate surface area is 278 Å². The lowest BCUT2D eigenvalue weighted by atomic mass is 10.0. The standard InChI is InChI=1S/C44H30N2S/c1-3-12-31(13-4-1)32-22-26-36(27-23-32)45(35-15-5-2-6-16-35)38-17-11-14-34(30-38)33-24-28-37(29-25-33)46-41-20-9-7-18-39(41)44-43(46)40-19-8-10-21-42(40)47-44/h1-30H. The lowest BCUT2D eigenvalue weighted by Gasteiger charge is -2.26. The summed E-state index contributed by atoms with van der Waals surface area (Å²) in [4.78, 5) is 2.33. The summed E-state index contributed by atoms with van der Waals surface area (Å²) in [7, 11) is 0. The van der Waals surface area contributed by atoms with E-state index in [1.54, 1.807) is 0 Å². The zero-order valence-corrected chi connectivity index (χ0v) is 26.4. The molecule has 47 heavy (non-hydrogen) atoms. The third-order valence-electron chi connectivity index (χ3n) is 8.99. The van der Waals surface area contributed by atoms with Gasteiger partial charge in [0.2, 0.25) is 0 Å². The molecule has 2 aromatic heterocycles. The van der Waals surface area contributed by atoms with Crippen LogP contribution in [0.3, 0.4) is 0 Å². The summed E-state index contributed by atoms with van der Waals surface area (Å²) in [6.45, 7) is 0. The van der Waals surface area contributed by atoms with Crippen molar-refractivity contribution in [1.29, 1.82) is 0 Å². The second-order valence-electron chi connectivity index (χ2n) is 11.8. The van der Waals surface area contributed by atoms with Gasteiger partial charge in [-0.05, 0) is 82.9 Å². The predicted octanol–water partition coefficient (Wildman–Crippen LogP) is 12.8. The van der Waals surface area contributed by atoms with Crippen LogP contribution in [0.25, 0.3) is 59.1 Å². The Balaban J connectivity index is 1.11. The number of rotatable bonds is 6. The Morgan fingerprint density at radius 3 is 1.74 bits per heavy atom. The molecule has 9 aromatic rings. The summed E-state index contributed by atoms with van der Waals surface area (Å²) in [5.74, 6) is 0. The van der Waals surface area contributed by atoms with Crippen LogP contribution in [-0.2, 0) is 0 Å². The molecule has 2 heterocycles. The highest BCUT2D eigenvalue weighted by molar-refractivity contribution is 7.26. The van der Waals surface area contributed by atoms with E-state index in [1.165, 1.54) is 59.1 Å². The third-order valence-corrected chi connectivity index (χ3v) is 10.2. The number of para-hydroxylation sites is 2. The van der Waals surface area contributed by atoms with E-state index in [9.17, 15) is 0 Å². The Bertz CT molecular complexity index is 2480. The zero-order valence-electron chi connectivity index (χ0n) is 25.6. The molecule has 9 rings (SSSR count). The van der Waals surface area contributed by atoms with Crippen molar-refractivity contribution >= 4 is 59.6 Å². The minimum atomic E-state index is 1.12. The molecule has 0 fully saturated rings. The van der Waals surface area contributed by atoms with Crippen LogP contribution < -0.4 is 4.90 Å². The van der Waals surface area contributed by atoms with Gasteiger partial charge >= 0.3 is 0 Å². The molecule has 0 unspecified atom stereocenters. The lowest BCUT2D eigenvalue weighted by Crippen LogP contribution is -2.09. The van der Waals surface area contributed by atoms with Gasteiger partial charge in [-0.1, -0.05) is 121 Å². The van der Waals surface area contributed by atoms with E-state index in [-0.39, 0.29) is 0 Å². The van der Waals surface area contributed by atoms with Gasteiger partial charge in [0.1, 0.15) is 0 Å². The van der Waals surface area contributed by atoms with Crippen LogP contribution in [0.1, 0.15) is 0 Å². The van der Waals surface area contributed by atoms with Crippen molar-refractivity contribution in [3.8, 4) is 27.9 Å². The van der Waals surface area contributed by atoms with Crippen molar-refractivity contribution in [1.82, 2.24) is 4.57 Å². The van der Waals surface area contributed by atoms with Gasteiger partial charge in [-0.3, -0.25) is 0 Å². The van der Waals surface area contributed by atoms with Crippen LogP contribution in [0.15, 0.2) is 182 Å². The molecule has 0 aliphatic rings. The van der Waals surface area contributed by atoms with E-state index in [0.717, 1.165) is 17.1 Å². The second-order valence-corrected chi connectivity index (χ2v) is 12.9. The first kappa shape index (κ1) is 27.4. The van der Waals surface area contributed by atoms with Gasteiger partial charge in [0.25, 0.3) is 0 Å². The van der Waals surface area contributed by atoms with Crippen molar-refractivity contribution in [2.45, 2.75) is 0 Å². The minimum absolute atomic E-state index is 1.12. The average molecular weight is 619 g/mol. The van der Waals surface area contributed by atoms with Gasteiger partial charge in [-0.25, -0.2) is 0 Å². The van der Waals surface area contributed by atoms with Gasteiger partial charge in [-0.2, -0.15) is 0 Å². The summed E-state index contributed by atoms with van der Waals surface area (Å²) in [6.07, 6.45) is 0. The first-order valence-electron chi connectivity index (χ1n) is 15.9. The Morgan fingerprint density at radius 2 is 0.957 bits per heavy atom. The molecule has 0 atom stereocenters. The van der Waals surface area contributed by atoms with Crippen molar-refractivity contribution < 1.29 is 0 Å². The number of aromatic nitrogens is 1. The zero-order chi connectivity index (χ0) is 31.2. The molecule has 0 saturated heterocycles. The highest BCUT2D eigenvalue weighted by atomic mass is 32.1. The average Bonchev–Trinajstić information content (AvgIpc) is 3.68. The van der Waals surface area contributed by atoms with Crippen LogP contribution in [0.5, 0.6) is 0 Å². The number of nitrogens with zero attached hydrogens (tertiary/aromatic N) is 2. The van der Waals surface area contributed by atoms with Crippen LogP contribution in [0.2, 0.25) is 0 Å². The third kappa shape index (κ3) is 4.80. The smallest absolute Gasteiger partial charge is 0.0727 e. The summed E-state index contributed by atoms with van der Waals surface area (Å²) >= 11 is 1.88. The second kappa shape index (κ2) is 11.5. The summed E-state index contributed by atoms with van der Waals surface area (Å²) in [5.41, 5.74) is 11.9. The maximum atomic E-state index is 2.43. The fourth-order valence-electron chi connectivity index (χ4n) is 6.77. The summed E-state index contributed by atoms with van der Waals surface area (Å²) < 4.78 is 5.10. The van der Waals surface area contributed by atoms with E-state index in [1.807, 2.05) is 11.3 Å². The molecule has 3 heteroatoms. The summed E-state index contributed by atoms with van der Waals surface area (Å²) in [6, 6.07) is 65.4. The van der Waals surface area contributed by atoms with Gasteiger partial charge in [-0.15, -0.1) is 11.3 Å². The maximum Gasteiger partial charge on any atom is 0.0727 e. The van der Waals surface area contributed by atoms with Gasteiger partial charge < -0.3 is 9.47 Å². The molecule has 7 aromatic carbocycles. The monoisotopic (exact) mass is 618 g/mol. The van der Waals surface area contributed by atoms with Crippen molar-refractivity contribution in [3.05, 3.63) is 182 Å². The normalized spacial score (nSPS) is 11.4. The topological polar surface area (TPSA) is 8.17 Å². The molecule has 0 radical (unpaired) electrons. The molecular weight excluding hydrogens is 589 g/mol. The predicted molar refractivity (Wildman–Crippen MR) is 202 cm³/mol. The molecule has 0 spiro atoms. The van der Waals surface area contributed by atoms with Crippen molar-refractivity contribution in [2.24, 2.45) is 0 Å². The highest BCUT2D eigenvalue weighted by Crippen LogP contribution is 2.43. The highest BCUT2D eigenvalue weighted by Gasteiger charge is 2.18. The van der Waals surface area contributed by atoms with Crippen LogP contribution in [-0.4, -0.2) is 4.57 Å².